The molecule has 5 heteroatoms. The smallest absolute Gasteiger partial charge is 0.374 e. The predicted octanol–water partition coefficient (Wildman–Crippen LogP) is 0.954. The van der Waals surface area contributed by atoms with Gasteiger partial charge in [-0.3, -0.25) is 9.59 Å². The monoisotopic (exact) mass is 230 g/mol. The highest BCUT2D eigenvalue weighted by atomic mass is 16.5. The van der Waals surface area contributed by atoms with Crippen LogP contribution in [0.4, 0.5) is 0 Å². The summed E-state index contributed by atoms with van der Waals surface area (Å²) < 4.78 is 8.87. The van der Waals surface area contributed by atoms with E-state index in [9.17, 15) is 14.4 Å². The lowest BCUT2D eigenvalue weighted by Gasteiger charge is -2.15. The molecule has 92 valence electrons. The van der Waals surface area contributed by atoms with Crippen molar-refractivity contribution in [3.8, 4) is 0 Å². The summed E-state index contributed by atoms with van der Waals surface area (Å²) in [5.41, 5.74) is 0. The van der Waals surface area contributed by atoms with Crippen LogP contribution in [0.2, 0.25) is 0 Å². The van der Waals surface area contributed by atoms with Gasteiger partial charge in [-0.05, 0) is 12.3 Å². The van der Waals surface area contributed by atoms with Crippen LogP contribution in [0, 0.1) is 11.8 Å². The van der Waals surface area contributed by atoms with Gasteiger partial charge in [-0.15, -0.1) is 0 Å². The average Bonchev–Trinajstić information content (AvgIpc) is 2.25. The molecule has 0 saturated carbocycles. The summed E-state index contributed by atoms with van der Waals surface area (Å²) in [5.74, 6) is -2.41. The molecular weight excluding hydrogens is 212 g/mol. The van der Waals surface area contributed by atoms with E-state index in [2.05, 4.69) is 9.47 Å². The lowest BCUT2D eigenvalue weighted by atomic mass is 9.92. The normalized spacial score (nSPS) is 12.1. The number of ether oxygens (including phenoxy) is 2. The van der Waals surface area contributed by atoms with Crippen LogP contribution in [0.1, 0.15) is 26.7 Å². The fourth-order valence-corrected chi connectivity index (χ4v) is 1.42. The third-order valence-corrected chi connectivity index (χ3v) is 2.14. The van der Waals surface area contributed by atoms with Crippen molar-refractivity contribution < 1.29 is 23.9 Å². The minimum absolute atomic E-state index is 0.155. The van der Waals surface area contributed by atoms with Crippen LogP contribution in [0.5, 0.6) is 0 Å². The first-order valence-corrected chi connectivity index (χ1v) is 5.11. The van der Waals surface area contributed by atoms with E-state index in [0.717, 1.165) is 7.11 Å². The van der Waals surface area contributed by atoms with Crippen LogP contribution in [-0.4, -0.2) is 31.9 Å². The van der Waals surface area contributed by atoms with E-state index in [4.69, 9.17) is 0 Å². The number of Topliss-reactive ketones (excluding diaryl/α,β-unsaturated/α-hetero) is 1. The molecule has 0 aromatic rings. The van der Waals surface area contributed by atoms with Crippen molar-refractivity contribution in [1.82, 2.24) is 0 Å². The Morgan fingerprint density at radius 2 is 1.62 bits per heavy atom. The van der Waals surface area contributed by atoms with E-state index in [1.165, 1.54) is 7.11 Å². The lowest BCUT2D eigenvalue weighted by molar-refractivity contribution is -0.154. The van der Waals surface area contributed by atoms with Gasteiger partial charge in [0.2, 0.25) is 5.78 Å². The zero-order valence-electron chi connectivity index (χ0n) is 10.1. The van der Waals surface area contributed by atoms with Gasteiger partial charge >= 0.3 is 11.9 Å². The largest absolute Gasteiger partial charge is 0.469 e. The summed E-state index contributed by atoms with van der Waals surface area (Å²) in [6, 6.07) is 0. The first-order valence-electron chi connectivity index (χ1n) is 5.11. The van der Waals surface area contributed by atoms with Crippen molar-refractivity contribution in [2.45, 2.75) is 26.7 Å². The van der Waals surface area contributed by atoms with Crippen LogP contribution in [0.15, 0.2) is 0 Å². The Labute approximate surface area is 95.1 Å². The zero-order valence-corrected chi connectivity index (χ0v) is 10.1. The van der Waals surface area contributed by atoms with Crippen molar-refractivity contribution in [3.63, 3.8) is 0 Å². The summed E-state index contributed by atoms with van der Waals surface area (Å²) >= 11 is 0. The molecule has 0 radical (unpaired) electrons. The molecule has 0 heterocycles. The van der Waals surface area contributed by atoms with E-state index in [1.807, 2.05) is 13.8 Å². The van der Waals surface area contributed by atoms with Gasteiger partial charge in [-0.25, -0.2) is 4.79 Å². The van der Waals surface area contributed by atoms with Gasteiger partial charge in [0.1, 0.15) is 0 Å². The maximum absolute atomic E-state index is 11.4. The number of ketones is 1. The molecule has 1 unspecified atom stereocenters. The molecule has 0 spiro atoms. The van der Waals surface area contributed by atoms with E-state index in [1.54, 1.807) is 0 Å². The maximum atomic E-state index is 11.4. The van der Waals surface area contributed by atoms with Crippen LogP contribution < -0.4 is 0 Å². The Morgan fingerprint density at radius 3 is 2.00 bits per heavy atom. The molecule has 0 rings (SSSR count). The third-order valence-electron chi connectivity index (χ3n) is 2.14. The average molecular weight is 230 g/mol. The molecule has 0 aliphatic carbocycles. The molecule has 1 atom stereocenters. The molecule has 0 aromatic heterocycles. The minimum Gasteiger partial charge on any atom is -0.469 e. The van der Waals surface area contributed by atoms with Gasteiger partial charge in [-0.2, -0.15) is 0 Å². The van der Waals surface area contributed by atoms with Crippen LogP contribution in [-0.2, 0) is 23.9 Å². The van der Waals surface area contributed by atoms with E-state index >= 15 is 0 Å². The summed E-state index contributed by atoms with van der Waals surface area (Å²) in [4.78, 5) is 33.6. The van der Waals surface area contributed by atoms with Crippen LogP contribution >= 0.6 is 0 Å². The quantitative estimate of drug-likeness (QED) is 0.502. The molecular formula is C11H18O5. The number of rotatable bonds is 6. The van der Waals surface area contributed by atoms with Gasteiger partial charge in [0.25, 0.3) is 0 Å². The summed E-state index contributed by atoms with van der Waals surface area (Å²) in [5, 5.41) is 0. The van der Waals surface area contributed by atoms with Gasteiger partial charge < -0.3 is 9.47 Å². The fourth-order valence-electron chi connectivity index (χ4n) is 1.42. The Morgan fingerprint density at radius 1 is 1.06 bits per heavy atom. The number of hydrogen-bond donors (Lipinski definition) is 0. The highest BCUT2D eigenvalue weighted by Crippen LogP contribution is 2.17. The second-order valence-corrected chi connectivity index (χ2v) is 3.97. The van der Waals surface area contributed by atoms with Gasteiger partial charge in [-0.1, -0.05) is 13.8 Å². The molecule has 16 heavy (non-hydrogen) atoms. The first kappa shape index (κ1) is 14.6. The summed E-state index contributed by atoms with van der Waals surface area (Å²) in [7, 11) is 2.40. The second-order valence-electron chi connectivity index (χ2n) is 3.97. The van der Waals surface area contributed by atoms with Crippen molar-refractivity contribution in [1.29, 1.82) is 0 Å². The van der Waals surface area contributed by atoms with Gasteiger partial charge in [0.05, 0.1) is 20.1 Å². The van der Waals surface area contributed by atoms with Crippen LogP contribution in [0.25, 0.3) is 0 Å². The first-order chi connectivity index (χ1) is 7.42. The summed E-state index contributed by atoms with van der Waals surface area (Å²) in [6.45, 7) is 3.86. The molecule has 0 aliphatic heterocycles. The molecule has 0 aliphatic rings. The predicted molar refractivity (Wildman–Crippen MR) is 56.6 cm³/mol. The summed E-state index contributed by atoms with van der Waals surface area (Å²) in [6.07, 6.45) is 0.354. The van der Waals surface area contributed by atoms with E-state index in [-0.39, 0.29) is 12.3 Å². The Hall–Kier alpha value is -1.39. The van der Waals surface area contributed by atoms with E-state index in [0.29, 0.717) is 6.42 Å². The number of hydrogen-bond acceptors (Lipinski definition) is 5. The highest BCUT2D eigenvalue weighted by molar-refractivity contribution is 6.33. The second kappa shape index (κ2) is 6.98. The molecule has 0 fully saturated rings. The molecule has 0 N–H and O–H groups in total. The third kappa shape index (κ3) is 4.91. The Kier molecular flexibility index (Phi) is 6.37. The Bertz CT molecular complexity index is 270. The van der Waals surface area contributed by atoms with Gasteiger partial charge in [0, 0.05) is 6.42 Å². The Balaban J connectivity index is 4.48. The van der Waals surface area contributed by atoms with Crippen molar-refractivity contribution in [2.75, 3.05) is 14.2 Å². The number of esters is 2. The molecule has 0 bridgehead atoms. The van der Waals surface area contributed by atoms with Crippen LogP contribution in [0.3, 0.4) is 0 Å². The fraction of sp³-hybridized carbons (Fsp3) is 0.727. The molecule has 0 amide bonds. The van der Waals surface area contributed by atoms with Crippen molar-refractivity contribution in [3.05, 3.63) is 0 Å². The standard InChI is InChI=1S/C11H18O5/c1-7(2)5-8(10(13)15-3)6-9(12)11(14)16-4/h7-8H,5-6H2,1-4H3. The highest BCUT2D eigenvalue weighted by Gasteiger charge is 2.27. The zero-order chi connectivity index (χ0) is 12.7. The number of carbonyl (C=O) groups is 3. The number of carbonyl (C=O) groups excluding carboxylic acids is 3. The molecule has 5 nitrogen and oxygen atoms in total. The molecule has 0 aromatic carbocycles. The lowest BCUT2D eigenvalue weighted by Crippen LogP contribution is -2.25. The molecule has 0 saturated heterocycles. The van der Waals surface area contributed by atoms with Crippen molar-refractivity contribution >= 4 is 17.7 Å². The SMILES string of the molecule is COC(=O)C(=O)CC(CC(C)C)C(=O)OC. The maximum Gasteiger partial charge on any atom is 0.374 e. The number of methoxy groups -OCH3 is 2. The van der Waals surface area contributed by atoms with Gasteiger partial charge in [0.15, 0.2) is 0 Å². The topological polar surface area (TPSA) is 69.7 Å². The van der Waals surface area contributed by atoms with Crippen molar-refractivity contribution in [2.24, 2.45) is 11.8 Å². The minimum atomic E-state index is -0.919. The van der Waals surface area contributed by atoms with E-state index < -0.39 is 23.6 Å².